The highest BCUT2D eigenvalue weighted by molar-refractivity contribution is 5.80. The van der Waals surface area contributed by atoms with Gasteiger partial charge in [0.05, 0.1) is 12.1 Å². The Labute approximate surface area is 119 Å². The van der Waals surface area contributed by atoms with Gasteiger partial charge < -0.3 is 19.6 Å². The van der Waals surface area contributed by atoms with Gasteiger partial charge >= 0.3 is 12.0 Å². The summed E-state index contributed by atoms with van der Waals surface area (Å²) in [7, 11) is 1.66. The summed E-state index contributed by atoms with van der Waals surface area (Å²) in [5, 5.41) is 8.98. The summed E-state index contributed by atoms with van der Waals surface area (Å²) in [6.45, 7) is 3.55. The molecule has 6 nitrogen and oxygen atoms in total. The van der Waals surface area contributed by atoms with E-state index in [1.54, 1.807) is 12.0 Å². The molecule has 1 atom stereocenters. The van der Waals surface area contributed by atoms with Gasteiger partial charge in [-0.3, -0.25) is 4.79 Å². The Bertz CT molecular complexity index is 383. The van der Waals surface area contributed by atoms with Crippen LogP contribution in [0, 0.1) is 5.92 Å². The molecule has 1 N–H and O–H groups in total. The zero-order chi connectivity index (χ0) is 14.8. The normalized spacial score (nSPS) is 26.4. The van der Waals surface area contributed by atoms with Gasteiger partial charge in [-0.1, -0.05) is 0 Å². The molecule has 20 heavy (non-hydrogen) atoms. The third-order valence-corrected chi connectivity index (χ3v) is 4.19. The molecule has 1 aliphatic heterocycles. The number of nitrogens with zero attached hydrogens (tertiary/aromatic N) is 2. The molecule has 0 aromatic rings. The van der Waals surface area contributed by atoms with Gasteiger partial charge in [0.2, 0.25) is 0 Å². The Morgan fingerprint density at radius 2 is 2.15 bits per heavy atom. The van der Waals surface area contributed by atoms with Crippen molar-refractivity contribution in [3.63, 3.8) is 0 Å². The first-order chi connectivity index (χ1) is 9.43. The third kappa shape index (κ3) is 3.85. The minimum absolute atomic E-state index is 0.165. The van der Waals surface area contributed by atoms with Crippen LogP contribution in [0.1, 0.15) is 32.6 Å². The van der Waals surface area contributed by atoms with Crippen molar-refractivity contribution in [2.75, 3.05) is 33.3 Å². The van der Waals surface area contributed by atoms with Crippen molar-refractivity contribution in [1.29, 1.82) is 0 Å². The molecule has 1 saturated carbocycles. The molecule has 6 heteroatoms. The highest BCUT2D eigenvalue weighted by atomic mass is 16.5. The van der Waals surface area contributed by atoms with Gasteiger partial charge in [-0.2, -0.15) is 0 Å². The molecular weight excluding hydrogens is 260 g/mol. The van der Waals surface area contributed by atoms with Crippen molar-refractivity contribution >= 4 is 12.0 Å². The molecule has 2 rings (SSSR count). The first kappa shape index (κ1) is 15.1. The number of hydrogen-bond donors (Lipinski definition) is 1. The number of rotatable bonds is 5. The van der Waals surface area contributed by atoms with Crippen molar-refractivity contribution in [1.82, 2.24) is 9.80 Å². The van der Waals surface area contributed by atoms with E-state index in [1.165, 1.54) is 4.90 Å². The molecule has 0 aromatic carbocycles. The minimum Gasteiger partial charge on any atom is -0.480 e. The van der Waals surface area contributed by atoms with E-state index < -0.39 is 5.97 Å². The van der Waals surface area contributed by atoms with Crippen LogP contribution < -0.4 is 0 Å². The number of likely N-dealkylation sites (tertiary alicyclic amines) is 1. The van der Waals surface area contributed by atoms with Crippen molar-refractivity contribution in [2.45, 2.75) is 38.2 Å². The maximum absolute atomic E-state index is 12.5. The molecule has 1 aliphatic carbocycles. The predicted octanol–water partition coefficient (Wildman–Crippen LogP) is 1.40. The number of carbonyl (C=O) groups excluding carboxylic acids is 1. The average Bonchev–Trinajstić information content (AvgIpc) is 3.21. The number of piperidine rings is 1. The summed E-state index contributed by atoms with van der Waals surface area (Å²) in [6, 6.07) is -0.165. The summed E-state index contributed by atoms with van der Waals surface area (Å²) >= 11 is 0. The molecule has 0 spiro atoms. The second kappa shape index (κ2) is 5.99. The highest BCUT2D eigenvalue weighted by Crippen LogP contribution is 2.30. The van der Waals surface area contributed by atoms with Gasteiger partial charge in [-0.15, -0.1) is 0 Å². The molecule has 2 fully saturated rings. The van der Waals surface area contributed by atoms with Gasteiger partial charge in [-0.05, 0) is 38.5 Å². The Balaban J connectivity index is 1.99. The smallest absolute Gasteiger partial charge is 0.323 e. The maximum Gasteiger partial charge on any atom is 0.323 e. The fourth-order valence-corrected chi connectivity index (χ4v) is 2.72. The number of carboxylic acid groups (broad SMARTS) is 1. The van der Waals surface area contributed by atoms with E-state index in [1.807, 2.05) is 6.92 Å². The van der Waals surface area contributed by atoms with E-state index in [0.29, 0.717) is 25.6 Å². The SMILES string of the molecule is COC1(C)CCCN(C(=O)N(CC(=O)O)CC2CC2)C1. The van der Waals surface area contributed by atoms with Crippen molar-refractivity contribution in [3.05, 3.63) is 0 Å². The van der Waals surface area contributed by atoms with Crippen LogP contribution in [-0.4, -0.2) is 65.8 Å². The average molecular weight is 284 g/mol. The fourth-order valence-electron chi connectivity index (χ4n) is 2.72. The molecule has 114 valence electrons. The van der Waals surface area contributed by atoms with E-state index in [0.717, 1.165) is 25.7 Å². The topological polar surface area (TPSA) is 70.1 Å². The largest absolute Gasteiger partial charge is 0.480 e. The molecule has 1 heterocycles. The lowest BCUT2D eigenvalue weighted by atomic mass is 9.95. The number of aliphatic carboxylic acids is 1. The van der Waals surface area contributed by atoms with E-state index in [2.05, 4.69) is 0 Å². The van der Waals surface area contributed by atoms with Crippen LogP contribution >= 0.6 is 0 Å². The molecule has 1 saturated heterocycles. The third-order valence-electron chi connectivity index (χ3n) is 4.19. The standard InChI is InChI=1S/C14H24N2O4/c1-14(20-2)6-3-7-15(10-14)13(19)16(9-12(17)18)8-11-4-5-11/h11H,3-10H2,1-2H3,(H,17,18). The second-order valence-corrected chi connectivity index (χ2v) is 6.18. The van der Waals surface area contributed by atoms with Gasteiger partial charge in [0.25, 0.3) is 0 Å². The monoisotopic (exact) mass is 284 g/mol. The van der Waals surface area contributed by atoms with Crippen LogP contribution in [0.5, 0.6) is 0 Å². The van der Waals surface area contributed by atoms with Crippen molar-refractivity contribution in [2.24, 2.45) is 5.92 Å². The van der Waals surface area contributed by atoms with E-state index in [9.17, 15) is 9.59 Å². The zero-order valence-corrected chi connectivity index (χ0v) is 12.3. The van der Waals surface area contributed by atoms with Gasteiger partial charge in [0.15, 0.2) is 0 Å². The molecule has 2 aliphatic rings. The van der Waals surface area contributed by atoms with Crippen molar-refractivity contribution < 1.29 is 19.4 Å². The van der Waals surface area contributed by atoms with E-state index >= 15 is 0 Å². The Kier molecular flexibility index (Phi) is 4.52. The number of carboxylic acids is 1. The summed E-state index contributed by atoms with van der Waals surface area (Å²) in [4.78, 5) is 26.7. The van der Waals surface area contributed by atoms with Gasteiger partial charge in [-0.25, -0.2) is 4.79 Å². The van der Waals surface area contributed by atoms with Crippen LogP contribution in [-0.2, 0) is 9.53 Å². The lowest BCUT2D eigenvalue weighted by Gasteiger charge is -2.41. The molecule has 2 amide bonds. The Morgan fingerprint density at radius 3 is 2.70 bits per heavy atom. The van der Waals surface area contributed by atoms with Crippen LogP contribution in [0.25, 0.3) is 0 Å². The van der Waals surface area contributed by atoms with E-state index in [-0.39, 0.29) is 18.2 Å². The van der Waals surface area contributed by atoms with Crippen molar-refractivity contribution in [3.8, 4) is 0 Å². The molecule has 0 aromatic heterocycles. The quantitative estimate of drug-likeness (QED) is 0.828. The van der Waals surface area contributed by atoms with Crippen LogP contribution in [0.2, 0.25) is 0 Å². The molecular formula is C14H24N2O4. The summed E-state index contributed by atoms with van der Waals surface area (Å²) < 4.78 is 5.48. The number of carbonyl (C=O) groups is 2. The van der Waals surface area contributed by atoms with Gasteiger partial charge in [0, 0.05) is 20.2 Å². The fraction of sp³-hybridized carbons (Fsp3) is 0.857. The second-order valence-electron chi connectivity index (χ2n) is 6.18. The van der Waals surface area contributed by atoms with E-state index in [4.69, 9.17) is 9.84 Å². The summed E-state index contributed by atoms with van der Waals surface area (Å²) in [5.41, 5.74) is -0.317. The number of amides is 2. The number of hydrogen-bond acceptors (Lipinski definition) is 3. The Hall–Kier alpha value is -1.30. The lowest BCUT2D eigenvalue weighted by molar-refractivity contribution is -0.137. The van der Waals surface area contributed by atoms with Crippen LogP contribution in [0.3, 0.4) is 0 Å². The zero-order valence-electron chi connectivity index (χ0n) is 12.3. The summed E-state index contributed by atoms with van der Waals surface area (Å²) in [6.07, 6.45) is 4.01. The van der Waals surface area contributed by atoms with Gasteiger partial charge in [0.1, 0.15) is 6.54 Å². The first-order valence-corrected chi connectivity index (χ1v) is 7.24. The molecule has 0 radical (unpaired) electrons. The van der Waals surface area contributed by atoms with Crippen LogP contribution in [0.4, 0.5) is 4.79 Å². The lowest BCUT2D eigenvalue weighted by Crippen LogP contribution is -2.54. The predicted molar refractivity (Wildman–Crippen MR) is 73.5 cm³/mol. The molecule has 1 unspecified atom stereocenters. The molecule has 0 bridgehead atoms. The Morgan fingerprint density at radius 1 is 1.45 bits per heavy atom. The minimum atomic E-state index is -0.953. The maximum atomic E-state index is 12.5. The first-order valence-electron chi connectivity index (χ1n) is 7.24. The summed E-state index contributed by atoms with van der Waals surface area (Å²) in [5.74, 6) is -0.470. The number of urea groups is 1. The highest BCUT2D eigenvalue weighted by Gasteiger charge is 2.36. The number of ether oxygens (including phenoxy) is 1. The van der Waals surface area contributed by atoms with Crippen LogP contribution in [0.15, 0.2) is 0 Å². The number of methoxy groups -OCH3 is 1.